The Morgan fingerprint density at radius 3 is 1.39 bits per heavy atom. The van der Waals surface area contributed by atoms with E-state index in [4.69, 9.17) is 0 Å². The maximum Gasteiger partial charge on any atom is -0.00248 e. The molecule has 1 aromatic rings. The first kappa shape index (κ1) is 25.0. The quantitative estimate of drug-likeness (QED) is 0.216. The number of unbranched alkanes of at least 4 members (excludes halogenated alkanes) is 14. The lowest BCUT2D eigenvalue weighted by molar-refractivity contribution is 0.389. The minimum atomic E-state index is 1.22. The molecule has 1 nitrogen and oxygen atoms in total. The number of hydrogen-bond donors (Lipinski definition) is 0. The standard InChI is InChI=1S/C27H47N/c1-4-26-21-23-27(24-22-26)20-18-16-14-12-10-8-6-5-7-9-11-13-15-17-19-25-28(2)3/h4,21-24H,1,5-20,25H2,2-3H3. The minimum absolute atomic E-state index is 1.22. The number of hydrogen-bond acceptors (Lipinski definition) is 1. The summed E-state index contributed by atoms with van der Waals surface area (Å²) >= 11 is 0. The van der Waals surface area contributed by atoms with E-state index in [2.05, 4.69) is 49.8 Å². The van der Waals surface area contributed by atoms with Crippen LogP contribution in [0.25, 0.3) is 6.08 Å². The highest BCUT2D eigenvalue weighted by Gasteiger charge is 1.97. The Bertz CT molecular complexity index is 460. The molecule has 0 unspecified atom stereocenters. The molecular weight excluding hydrogens is 338 g/mol. The van der Waals surface area contributed by atoms with Crippen molar-refractivity contribution in [3.63, 3.8) is 0 Å². The summed E-state index contributed by atoms with van der Waals surface area (Å²) in [6.45, 7) is 5.07. The highest BCUT2D eigenvalue weighted by Crippen LogP contribution is 2.14. The molecule has 0 spiro atoms. The second kappa shape index (κ2) is 18.0. The summed E-state index contributed by atoms with van der Waals surface area (Å²) in [5.74, 6) is 0. The van der Waals surface area contributed by atoms with E-state index in [9.17, 15) is 0 Å². The molecule has 0 aromatic heterocycles. The van der Waals surface area contributed by atoms with Crippen LogP contribution in [-0.4, -0.2) is 25.5 Å². The lowest BCUT2D eigenvalue weighted by Gasteiger charge is -2.08. The molecule has 0 heterocycles. The summed E-state index contributed by atoms with van der Waals surface area (Å²) < 4.78 is 0. The Labute approximate surface area is 176 Å². The largest absolute Gasteiger partial charge is 0.309 e. The fraction of sp³-hybridized carbons (Fsp3) is 0.704. The Hall–Kier alpha value is -1.08. The predicted octanol–water partition coefficient (Wildman–Crippen LogP) is 8.29. The van der Waals surface area contributed by atoms with E-state index in [1.165, 1.54) is 120 Å². The minimum Gasteiger partial charge on any atom is -0.309 e. The van der Waals surface area contributed by atoms with E-state index >= 15 is 0 Å². The van der Waals surface area contributed by atoms with Gasteiger partial charge in [-0.2, -0.15) is 0 Å². The van der Waals surface area contributed by atoms with Gasteiger partial charge in [-0.1, -0.05) is 120 Å². The van der Waals surface area contributed by atoms with Crippen molar-refractivity contribution in [3.05, 3.63) is 42.0 Å². The first-order chi connectivity index (χ1) is 13.7. The van der Waals surface area contributed by atoms with Crippen LogP contribution in [0, 0.1) is 0 Å². The molecule has 0 saturated carbocycles. The van der Waals surface area contributed by atoms with Crippen LogP contribution in [-0.2, 0) is 6.42 Å². The molecule has 0 N–H and O–H groups in total. The van der Waals surface area contributed by atoms with Gasteiger partial charge in [0.05, 0.1) is 0 Å². The fourth-order valence-electron chi connectivity index (χ4n) is 3.88. The van der Waals surface area contributed by atoms with Crippen LogP contribution in [0.3, 0.4) is 0 Å². The maximum atomic E-state index is 3.81. The van der Waals surface area contributed by atoms with Crippen molar-refractivity contribution < 1.29 is 0 Å². The van der Waals surface area contributed by atoms with Gasteiger partial charge in [0.15, 0.2) is 0 Å². The Morgan fingerprint density at radius 1 is 0.607 bits per heavy atom. The highest BCUT2D eigenvalue weighted by atomic mass is 15.0. The van der Waals surface area contributed by atoms with Gasteiger partial charge < -0.3 is 4.90 Å². The third-order valence-electron chi connectivity index (χ3n) is 5.79. The van der Waals surface area contributed by atoms with Crippen molar-refractivity contribution in [2.24, 2.45) is 0 Å². The second-order valence-corrected chi connectivity index (χ2v) is 8.80. The number of benzene rings is 1. The topological polar surface area (TPSA) is 3.24 Å². The van der Waals surface area contributed by atoms with Gasteiger partial charge in [-0.3, -0.25) is 0 Å². The molecule has 0 saturated heterocycles. The molecule has 1 rings (SSSR count). The van der Waals surface area contributed by atoms with Gasteiger partial charge in [-0.05, 0) is 51.0 Å². The summed E-state index contributed by atoms with van der Waals surface area (Å²) in [6.07, 6.45) is 24.6. The third-order valence-corrected chi connectivity index (χ3v) is 5.79. The predicted molar refractivity (Wildman–Crippen MR) is 128 cm³/mol. The zero-order chi connectivity index (χ0) is 20.3. The summed E-state index contributed by atoms with van der Waals surface area (Å²) in [5, 5.41) is 0. The van der Waals surface area contributed by atoms with Crippen LogP contribution in [0.15, 0.2) is 30.8 Å². The van der Waals surface area contributed by atoms with Crippen LogP contribution in [0.4, 0.5) is 0 Å². The van der Waals surface area contributed by atoms with E-state index in [1.807, 2.05) is 6.08 Å². The van der Waals surface area contributed by atoms with Crippen molar-refractivity contribution in [3.8, 4) is 0 Å². The second-order valence-electron chi connectivity index (χ2n) is 8.80. The lowest BCUT2D eigenvalue weighted by atomic mass is 10.0. The van der Waals surface area contributed by atoms with Crippen LogP contribution in [0.5, 0.6) is 0 Å². The van der Waals surface area contributed by atoms with Crippen LogP contribution >= 0.6 is 0 Å². The number of aryl methyl sites for hydroxylation is 1. The molecule has 0 amide bonds. The van der Waals surface area contributed by atoms with Crippen LogP contribution in [0.2, 0.25) is 0 Å². The van der Waals surface area contributed by atoms with Gasteiger partial charge in [0.2, 0.25) is 0 Å². The molecule has 28 heavy (non-hydrogen) atoms. The van der Waals surface area contributed by atoms with Crippen molar-refractivity contribution in [2.75, 3.05) is 20.6 Å². The van der Waals surface area contributed by atoms with E-state index in [1.54, 1.807) is 0 Å². The first-order valence-electron chi connectivity index (χ1n) is 12.1. The third kappa shape index (κ3) is 14.9. The molecule has 0 radical (unpaired) electrons. The summed E-state index contributed by atoms with van der Waals surface area (Å²) in [6, 6.07) is 8.86. The summed E-state index contributed by atoms with van der Waals surface area (Å²) in [4.78, 5) is 2.30. The van der Waals surface area contributed by atoms with Crippen molar-refractivity contribution in [2.45, 2.75) is 103 Å². The van der Waals surface area contributed by atoms with E-state index in [-0.39, 0.29) is 0 Å². The van der Waals surface area contributed by atoms with Crippen molar-refractivity contribution in [1.82, 2.24) is 4.90 Å². The molecular formula is C27H47N. The van der Waals surface area contributed by atoms with E-state index < -0.39 is 0 Å². The van der Waals surface area contributed by atoms with Gasteiger partial charge in [0, 0.05) is 0 Å². The average Bonchev–Trinajstić information content (AvgIpc) is 2.70. The molecule has 0 aliphatic carbocycles. The zero-order valence-corrected chi connectivity index (χ0v) is 19.1. The fourth-order valence-corrected chi connectivity index (χ4v) is 3.88. The zero-order valence-electron chi connectivity index (χ0n) is 19.1. The van der Waals surface area contributed by atoms with Gasteiger partial charge in [0.1, 0.15) is 0 Å². The van der Waals surface area contributed by atoms with Crippen molar-refractivity contribution in [1.29, 1.82) is 0 Å². The molecule has 160 valence electrons. The summed E-state index contributed by atoms with van der Waals surface area (Å²) in [7, 11) is 4.34. The molecule has 1 aromatic carbocycles. The van der Waals surface area contributed by atoms with Gasteiger partial charge in [-0.15, -0.1) is 0 Å². The first-order valence-corrected chi connectivity index (χ1v) is 12.1. The lowest BCUT2D eigenvalue weighted by Crippen LogP contribution is -2.12. The Morgan fingerprint density at radius 2 is 1.00 bits per heavy atom. The summed E-state index contributed by atoms with van der Waals surface area (Å²) in [5.41, 5.74) is 2.69. The normalized spacial score (nSPS) is 11.2. The molecule has 0 atom stereocenters. The van der Waals surface area contributed by atoms with Crippen molar-refractivity contribution >= 4 is 6.08 Å². The molecule has 0 aliphatic heterocycles. The Balaban J connectivity index is 1.75. The van der Waals surface area contributed by atoms with Gasteiger partial charge >= 0.3 is 0 Å². The highest BCUT2D eigenvalue weighted by molar-refractivity contribution is 5.47. The smallest absolute Gasteiger partial charge is 0.00248 e. The van der Waals surface area contributed by atoms with E-state index in [0.29, 0.717) is 0 Å². The molecule has 0 aliphatic rings. The average molecular weight is 386 g/mol. The molecule has 0 fully saturated rings. The number of nitrogens with zero attached hydrogens (tertiary/aromatic N) is 1. The Kier molecular flexibility index (Phi) is 16.0. The van der Waals surface area contributed by atoms with Gasteiger partial charge in [0.25, 0.3) is 0 Å². The van der Waals surface area contributed by atoms with Crippen LogP contribution < -0.4 is 0 Å². The molecule has 1 heteroatoms. The SMILES string of the molecule is C=Cc1ccc(CCCCCCCCCCCCCCCCCN(C)C)cc1. The van der Waals surface area contributed by atoms with Gasteiger partial charge in [-0.25, -0.2) is 0 Å². The van der Waals surface area contributed by atoms with E-state index in [0.717, 1.165) is 0 Å². The maximum absolute atomic E-state index is 3.81. The number of rotatable bonds is 19. The van der Waals surface area contributed by atoms with Crippen LogP contribution in [0.1, 0.15) is 107 Å². The monoisotopic (exact) mass is 385 g/mol. The molecule has 0 bridgehead atoms.